The molecule has 0 aliphatic carbocycles. The normalized spacial score (nSPS) is 11.6. The standard InChI is InChI=1S/C13H22N2O3S/c1-5-14-12-8-10(2)13(11(3)9-12)19(16,17)15-6-7-18-4/h8-9,14-15H,5-7H2,1-4H3. The summed E-state index contributed by atoms with van der Waals surface area (Å²) >= 11 is 0. The highest BCUT2D eigenvalue weighted by Crippen LogP contribution is 2.24. The zero-order chi connectivity index (χ0) is 14.5. The number of anilines is 1. The van der Waals surface area contributed by atoms with Crippen molar-refractivity contribution in [2.24, 2.45) is 0 Å². The Labute approximate surface area is 115 Å². The van der Waals surface area contributed by atoms with Gasteiger partial charge >= 0.3 is 0 Å². The minimum atomic E-state index is -3.48. The van der Waals surface area contributed by atoms with Crippen molar-refractivity contribution in [1.29, 1.82) is 0 Å². The summed E-state index contributed by atoms with van der Waals surface area (Å²) in [4.78, 5) is 0.352. The highest BCUT2D eigenvalue weighted by molar-refractivity contribution is 7.89. The fourth-order valence-corrected chi connectivity index (χ4v) is 3.49. The largest absolute Gasteiger partial charge is 0.385 e. The number of methoxy groups -OCH3 is 1. The highest BCUT2D eigenvalue weighted by atomic mass is 32.2. The number of hydrogen-bond donors (Lipinski definition) is 2. The van der Waals surface area contributed by atoms with Gasteiger partial charge in [0.15, 0.2) is 0 Å². The van der Waals surface area contributed by atoms with Crippen LogP contribution in [-0.2, 0) is 14.8 Å². The Kier molecular flexibility index (Phi) is 5.78. The molecule has 0 aliphatic heterocycles. The van der Waals surface area contributed by atoms with Crippen LogP contribution < -0.4 is 10.0 Å². The quantitative estimate of drug-likeness (QED) is 0.748. The summed E-state index contributed by atoms with van der Waals surface area (Å²) in [6.45, 7) is 7.04. The van der Waals surface area contributed by atoms with Gasteiger partial charge in [0, 0.05) is 25.9 Å². The average Bonchev–Trinajstić information content (AvgIpc) is 2.28. The molecular weight excluding hydrogens is 264 g/mol. The summed E-state index contributed by atoms with van der Waals surface area (Å²) in [6, 6.07) is 3.70. The van der Waals surface area contributed by atoms with E-state index in [4.69, 9.17) is 4.74 Å². The first-order chi connectivity index (χ1) is 8.92. The Morgan fingerprint density at radius 3 is 2.26 bits per heavy atom. The van der Waals surface area contributed by atoms with E-state index < -0.39 is 10.0 Å². The van der Waals surface area contributed by atoms with E-state index in [1.54, 1.807) is 13.8 Å². The van der Waals surface area contributed by atoms with Gasteiger partial charge in [-0.3, -0.25) is 0 Å². The Hall–Kier alpha value is -1.11. The third-order valence-electron chi connectivity index (χ3n) is 2.71. The van der Waals surface area contributed by atoms with Gasteiger partial charge < -0.3 is 10.1 Å². The molecule has 5 nitrogen and oxygen atoms in total. The van der Waals surface area contributed by atoms with Gasteiger partial charge in [0.1, 0.15) is 0 Å². The van der Waals surface area contributed by atoms with Gasteiger partial charge in [-0.25, -0.2) is 13.1 Å². The molecule has 0 unspecified atom stereocenters. The van der Waals surface area contributed by atoms with Crippen LogP contribution in [0.5, 0.6) is 0 Å². The second-order valence-corrected chi connectivity index (χ2v) is 6.06. The van der Waals surface area contributed by atoms with Crippen molar-refractivity contribution in [2.45, 2.75) is 25.7 Å². The predicted octanol–water partition coefficient (Wildman–Crippen LogP) is 1.66. The van der Waals surface area contributed by atoms with Crippen LogP contribution in [0.2, 0.25) is 0 Å². The third kappa shape index (κ3) is 4.19. The molecule has 2 N–H and O–H groups in total. The summed E-state index contributed by atoms with van der Waals surface area (Å²) in [5, 5.41) is 3.18. The van der Waals surface area contributed by atoms with Crippen LogP contribution in [0.3, 0.4) is 0 Å². The molecule has 6 heteroatoms. The number of nitrogens with one attached hydrogen (secondary N) is 2. The Morgan fingerprint density at radius 1 is 1.21 bits per heavy atom. The van der Waals surface area contributed by atoms with Gasteiger partial charge in [0.2, 0.25) is 10.0 Å². The molecule has 1 aromatic carbocycles. The van der Waals surface area contributed by atoms with Crippen molar-refractivity contribution in [1.82, 2.24) is 4.72 Å². The average molecular weight is 286 g/mol. The molecule has 108 valence electrons. The number of sulfonamides is 1. The second-order valence-electron chi connectivity index (χ2n) is 4.36. The van der Waals surface area contributed by atoms with Crippen molar-refractivity contribution in [3.63, 3.8) is 0 Å². The van der Waals surface area contributed by atoms with Crippen molar-refractivity contribution in [2.75, 3.05) is 32.1 Å². The van der Waals surface area contributed by atoms with Crippen LogP contribution in [0.1, 0.15) is 18.1 Å². The lowest BCUT2D eigenvalue weighted by Crippen LogP contribution is -2.28. The third-order valence-corrected chi connectivity index (χ3v) is 4.47. The first-order valence-electron chi connectivity index (χ1n) is 6.26. The predicted molar refractivity (Wildman–Crippen MR) is 77.1 cm³/mol. The van der Waals surface area contributed by atoms with Gasteiger partial charge in [-0.1, -0.05) is 0 Å². The van der Waals surface area contributed by atoms with Gasteiger partial charge in [0.05, 0.1) is 11.5 Å². The molecule has 0 saturated heterocycles. The first kappa shape index (κ1) is 15.9. The molecule has 0 bridgehead atoms. The molecule has 0 atom stereocenters. The molecule has 0 amide bonds. The van der Waals surface area contributed by atoms with E-state index >= 15 is 0 Å². The van der Waals surface area contributed by atoms with Crippen molar-refractivity contribution >= 4 is 15.7 Å². The van der Waals surface area contributed by atoms with E-state index in [1.165, 1.54) is 7.11 Å². The van der Waals surface area contributed by atoms with Crippen molar-refractivity contribution < 1.29 is 13.2 Å². The Bertz CT molecular complexity index is 504. The number of aryl methyl sites for hydroxylation is 2. The maximum atomic E-state index is 12.2. The second kappa shape index (κ2) is 6.88. The van der Waals surface area contributed by atoms with Gasteiger partial charge in [-0.05, 0) is 44.0 Å². The fourth-order valence-electron chi connectivity index (χ4n) is 2.03. The SMILES string of the molecule is CCNc1cc(C)c(S(=O)(=O)NCCOC)c(C)c1. The monoisotopic (exact) mass is 286 g/mol. The van der Waals surface area contributed by atoms with Crippen molar-refractivity contribution in [3.05, 3.63) is 23.3 Å². The van der Waals surface area contributed by atoms with Gasteiger partial charge in [-0.15, -0.1) is 0 Å². The summed E-state index contributed by atoms with van der Waals surface area (Å²) in [5.74, 6) is 0. The summed E-state index contributed by atoms with van der Waals surface area (Å²) in [5.41, 5.74) is 2.41. The zero-order valence-corrected chi connectivity index (χ0v) is 12.7. The van der Waals surface area contributed by atoms with Crippen LogP contribution in [-0.4, -0.2) is 35.2 Å². The van der Waals surface area contributed by atoms with E-state index in [1.807, 2.05) is 19.1 Å². The smallest absolute Gasteiger partial charge is 0.241 e. The molecule has 19 heavy (non-hydrogen) atoms. The van der Waals surface area contributed by atoms with E-state index in [9.17, 15) is 8.42 Å². The lowest BCUT2D eigenvalue weighted by molar-refractivity contribution is 0.204. The van der Waals surface area contributed by atoms with Crippen LogP contribution in [0, 0.1) is 13.8 Å². The molecule has 0 radical (unpaired) electrons. The number of rotatable bonds is 7. The van der Waals surface area contributed by atoms with Crippen molar-refractivity contribution in [3.8, 4) is 0 Å². The molecule has 0 saturated carbocycles. The zero-order valence-electron chi connectivity index (χ0n) is 11.9. The Balaban J connectivity index is 3.06. The molecular formula is C13H22N2O3S. The Morgan fingerprint density at radius 2 is 1.79 bits per heavy atom. The maximum absolute atomic E-state index is 12.2. The molecule has 0 aromatic heterocycles. The molecule has 0 heterocycles. The molecule has 0 aliphatic rings. The van der Waals surface area contributed by atoms with E-state index in [-0.39, 0.29) is 6.54 Å². The molecule has 1 rings (SSSR count). The number of hydrogen-bond acceptors (Lipinski definition) is 4. The minimum absolute atomic E-state index is 0.271. The number of ether oxygens (including phenoxy) is 1. The van der Waals surface area contributed by atoms with Crippen LogP contribution >= 0.6 is 0 Å². The van der Waals surface area contributed by atoms with Crippen LogP contribution in [0.25, 0.3) is 0 Å². The highest BCUT2D eigenvalue weighted by Gasteiger charge is 2.19. The molecule has 1 aromatic rings. The van der Waals surface area contributed by atoms with E-state index in [2.05, 4.69) is 10.0 Å². The lowest BCUT2D eigenvalue weighted by Gasteiger charge is -2.14. The van der Waals surface area contributed by atoms with Gasteiger partial charge in [0.25, 0.3) is 0 Å². The summed E-state index contributed by atoms with van der Waals surface area (Å²) in [6.07, 6.45) is 0. The maximum Gasteiger partial charge on any atom is 0.241 e. The number of benzene rings is 1. The van der Waals surface area contributed by atoms with Crippen LogP contribution in [0.4, 0.5) is 5.69 Å². The summed E-state index contributed by atoms with van der Waals surface area (Å²) in [7, 11) is -1.95. The first-order valence-corrected chi connectivity index (χ1v) is 7.74. The van der Waals surface area contributed by atoms with Crippen LogP contribution in [0.15, 0.2) is 17.0 Å². The molecule has 0 fully saturated rings. The lowest BCUT2D eigenvalue weighted by atomic mass is 10.1. The fraction of sp³-hybridized carbons (Fsp3) is 0.538. The van der Waals surface area contributed by atoms with E-state index in [0.29, 0.717) is 11.5 Å². The molecule has 0 spiro atoms. The summed E-state index contributed by atoms with van der Waals surface area (Å²) < 4.78 is 31.8. The minimum Gasteiger partial charge on any atom is -0.385 e. The van der Waals surface area contributed by atoms with E-state index in [0.717, 1.165) is 23.4 Å². The van der Waals surface area contributed by atoms with Gasteiger partial charge in [-0.2, -0.15) is 0 Å². The topological polar surface area (TPSA) is 67.4 Å².